The molecule has 0 aromatic heterocycles. The van der Waals surface area contributed by atoms with Gasteiger partial charge in [-0.2, -0.15) is 26.3 Å². The largest absolute Gasteiger partial charge is 0.434 e. The van der Waals surface area contributed by atoms with Gasteiger partial charge >= 0.3 is 12.4 Å². The number of nitrogens with one attached hydrogen (secondary N) is 2. The zero-order valence-electron chi connectivity index (χ0n) is 10.8. The van der Waals surface area contributed by atoms with Gasteiger partial charge < -0.3 is 5.32 Å². The number of hydrogen-bond donors (Lipinski definition) is 2. The molecule has 0 bridgehead atoms. The van der Waals surface area contributed by atoms with Gasteiger partial charge in [-0.15, -0.1) is 0 Å². The predicted octanol–water partition coefficient (Wildman–Crippen LogP) is 2.73. The van der Waals surface area contributed by atoms with E-state index in [1.165, 1.54) is 29.6 Å². The number of alkyl halides is 6. The summed E-state index contributed by atoms with van der Waals surface area (Å²) in [4.78, 5) is 10.8. The fourth-order valence-corrected chi connectivity index (χ4v) is 1.64. The lowest BCUT2D eigenvalue weighted by atomic mass is 10.1. The Hall–Kier alpha value is -1.77. The molecule has 0 fully saturated rings. The number of carbonyl (C=O) groups excluding carboxylic acids is 1. The number of benzene rings is 1. The molecule has 1 rings (SSSR count). The Morgan fingerprint density at radius 2 is 1.48 bits per heavy atom. The van der Waals surface area contributed by atoms with Crippen molar-refractivity contribution in [3.05, 3.63) is 35.9 Å². The molecule has 0 aliphatic rings. The van der Waals surface area contributed by atoms with Gasteiger partial charge in [-0.25, -0.2) is 0 Å². The van der Waals surface area contributed by atoms with Gasteiger partial charge in [0, 0.05) is 13.5 Å². The minimum atomic E-state index is -5.76. The van der Waals surface area contributed by atoms with Crippen LogP contribution in [0.1, 0.15) is 12.5 Å². The van der Waals surface area contributed by atoms with E-state index < -0.39 is 30.5 Å². The SMILES string of the molecule is CC(=O)NC(NCc1ccccc1)(C(F)(F)F)C(F)(F)F. The molecule has 3 nitrogen and oxygen atoms in total. The Labute approximate surface area is 116 Å². The van der Waals surface area contributed by atoms with E-state index in [4.69, 9.17) is 0 Å². The molecule has 0 atom stereocenters. The average molecular weight is 314 g/mol. The molecule has 0 saturated heterocycles. The normalized spacial score (nSPS) is 13.1. The van der Waals surface area contributed by atoms with Crippen molar-refractivity contribution >= 4 is 5.91 Å². The molecule has 1 aromatic carbocycles. The summed E-state index contributed by atoms with van der Waals surface area (Å²) in [5, 5.41) is 2.32. The van der Waals surface area contributed by atoms with Crippen LogP contribution in [0.25, 0.3) is 0 Å². The second kappa shape index (κ2) is 5.92. The minimum Gasteiger partial charge on any atom is -0.323 e. The highest BCUT2D eigenvalue weighted by Crippen LogP contribution is 2.41. The molecule has 0 unspecified atom stereocenters. The molecule has 2 N–H and O–H groups in total. The van der Waals surface area contributed by atoms with E-state index in [1.54, 1.807) is 6.07 Å². The fraction of sp³-hybridized carbons (Fsp3) is 0.417. The van der Waals surface area contributed by atoms with Crippen LogP contribution in [0.3, 0.4) is 0 Å². The van der Waals surface area contributed by atoms with Crippen LogP contribution in [0.2, 0.25) is 0 Å². The molecule has 118 valence electrons. The zero-order chi connectivity index (χ0) is 16.3. The molecule has 0 aliphatic carbocycles. The maximum Gasteiger partial charge on any atom is 0.434 e. The van der Waals surface area contributed by atoms with Crippen molar-refractivity contribution in [2.45, 2.75) is 31.5 Å². The van der Waals surface area contributed by atoms with E-state index in [2.05, 4.69) is 0 Å². The molecular weight excluding hydrogens is 302 g/mol. The van der Waals surface area contributed by atoms with Crippen LogP contribution in [0.4, 0.5) is 26.3 Å². The molecule has 0 radical (unpaired) electrons. The third kappa shape index (κ3) is 3.87. The average Bonchev–Trinajstić information content (AvgIpc) is 2.32. The lowest BCUT2D eigenvalue weighted by molar-refractivity contribution is -0.316. The lowest BCUT2D eigenvalue weighted by Gasteiger charge is -2.38. The summed E-state index contributed by atoms with van der Waals surface area (Å²) in [6.45, 7) is -0.142. The van der Waals surface area contributed by atoms with Gasteiger partial charge in [0.2, 0.25) is 5.91 Å². The maximum absolute atomic E-state index is 12.9. The maximum atomic E-state index is 12.9. The fourth-order valence-electron chi connectivity index (χ4n) is 1.64. The number of carbonyl (C=O) groups is 1. The first-order valence-corrected chi connectivity index (χ1v) is 5.71. The van der Waals surface area contributed by atoms with Crippen LogP contribution in [0.15, 0.2) is 30.3 Å². The highest BCUT2D eigenvalue weighted by atomic mass is 19.4. The van der Waals surface area contributed by atoms with Gasteiger partial charge in [0.1, 0.15) is 0 Å². The molecule has 0 spiro atoms. The van der Waals surface area contributed by atoms with Crippen LogP contribution in [0.5, 0.6) is 0 Å². The third-order valence-corrected chi connectivity index (χ3v) is 2.61. The minimum absolute atomic E-state index is 0.209. The van der Waals surface area contributed by atoms with Gasteiger partial charge in [-0.1, -0.05) is 30.3 Å². The van der Waals surface area contributed by atoms with Crippen molar-refractivity contribution in [2.24, 2.45) is 0 Å². The van der Waals surface area contributed by atoms with E-state index in [1.807, 2.05) is 0 Å². The summed E-state index contributed by atoms with van der Waals surface area (Å²) in [7, 11) is 0. The Kier molecular flexibility index (Phi) is 4.87. The van der Waals surface area contributed by atoms with Gasteiger partial charge in [-0.05, 0) is 5.56 Å². The second-order valence-corrected chi connectivity index (χ2v) is 4.27. The second-order valence-electron chi connectivity index (χ2n) is 4.27. The summed E-state index contributed by atoms with van der Waals surface area (Å²) in [5.41, 5.74) is -4.29. The van der Waals surface area contributed by atoms with Crippen LogP contribution in [0, 0.1) is 0 Å². The first-order chi connectivity index (χ1) is 9.49. The molecule has 1 amide bonds. The standard InChI is InChI=1S/C12H12F6N2O/c1-8(21)20-10(11(13,14)15,12(16,17)18)19-7-9-5-3-2-4-6-9/h2-6,19H,7H2,1H3,(H,20,21). The Bertz CT molecular complexity index is 469. The van der Waals surface area contributed by atoms with Crippen molar-refractivity contribution in [3.8, 4) is 0 Å². The first-order valence-electron chi connectivity index (χ1n) is 5.71. The topological polar surface area (TPSA) is 41.1 Å². The van der Waals surface area contributed by atoms with Crippen molar-refractivity contribution in [1.29, 1.82) is 0 Å². The Morgan fingerprint density at radius 3 is 1.86 bits per heavy atom. The van der Waals surface area contributed by atoms with E-state index in [0.717, 1.165) is 5.32 Å². The number of halogens is 6. The number of hydrogen-bond acceptors (Lipinski definition) is 2. The van der Waals surface area contributed by atoms with Crippen molar-refractivity contribution < 1.29 is 31.1 Å². The summed E-state index contributed by atoms with van der Waals surface area (Å²) in [6, 6.07) is 7.23. The van der Waals surface area contributed by atoms with Crippen LogP contribution in [-0.2, 0) is 11.3 Å². The number of rotatable bonds is 4. The molecule has 21 heavy (non-hydrogen) atoms. The molecule has 9 heteroatoms. The van der Waals surface area contributed by atoms with Gasteiger partial charge in [0.05, 0.1) is 0 Å². The van der Waals surface area contributed by atoms with Crippen molar-refractivity contribution in [3.63, 3.8) is 0 Å². The monoisotopic (exact) mass is 314 g/mol. The van der Waals surface area contributed by atoms with Gasteiger partial charge in [0.25, 0.3) is 5.66 Å². The molecular formula is C12H12F6N2O. The van der Waals surface area contributed by atoms with Gasteiger partial charge in [-0.3, -0.25) is 10.1 Å². The molecule has 1 aromatic rings. The van der Waals surface area contributed by atoms with Crippen molar-refractivity contribution in [2.75, 3.05) is 0 Å². The summed E-state index contributed by atoms with van der Waals surface area (Å²) < 4.78 is 77.6. The number of amides is 1. The van der Waals surface area contributed by atoms with Gasteiger partial charge in [0.15, 0.2) is 0 Å². The van der Waals surface area contributed by atoms with Crippen LogP contribution >= 0.6 is 0 Å². The Morgan fingerprint density at radius 1 is 1.00 bits per heavy atom. The zero-order valence-corrected chi connectivity index (χ0v) is 10.8. The quantitative estimate of drug-likeness (QED) is 0.663. The smallest absolute Gasteiger partial charge is 0.323 e. The van der Waals surface area contributed by atoms with Crippen molar-refractivity contribution in [1.82, 2.24) is 10.6 Å². The van der Waals surface area contributed by atoms with E-state index in [9.17, 15) is 31.1 Å². The summed E-state index contributed by atoms with van der Waals surface area (Å²) in [5.74, 6) is -1.45. The molecule has 0 heterocycles. The van der Waals surface area contributed by atoms with Crippen LogP contribution in [-0.4, -0.2) is 23.9 Å². The Balaban J connectivity index is 3.14. The predicted molar refractivity (Wildman–Crippen MR) is 61.9 cm³/mol. The summed E-state index contributed by atoms with van der Waals surface area (Å²) >= 11 is 0. The van der Waals surface area contributed by atoms with E-state index in [-0.39, 0.29) is 5.56 Å². The lowest BCUT2D eigenvalue weighted by Crippen LogP contribution is -2.74. The third-order valence-electron chi connectivity index (χ3n) is 2.61. The highest BCUT2D eigenvalue weighted by Gasteiger charge is 2.71. The van der Waals surface area contributed by atoms with E-state index in [0.29, 0.717) is 6.92 Å². The van der Waals surface area contributed by atoms with Crippen LogP contribution < -0.4 is 10.6 Å². The molecule has 0 aliphatic heterocycles. The summed E-state index contributed by atoms with van der Waals surface area (Å²) in [6.07, 6.45) is -11.5. The molecule has 0 saturated carbocycles. The van der Waals surface area contributed by atoms with E-state index >= 15 is 0 Å². The highest BCUT2D eigenvalue weighted by molar-refractivity contribution is 5.74. The first kappa shape index (κ1) is 17.3.